The van der Waals surface area contributed by atoms with Crippen LogP contribution < -0.4 is 19.5 Å². The number of para-hydroxylation sites is 1. The zero-order valence-corrected chi connectivity index (χ0v) is 12.5. The molecule has 1 aliphatic heterocycles. The smallest absolute Gasteiger partial charge is 0.244 e. The molecule has 0 unspecified atom stereocenters. The van der Waals surface area contributed by atoms with Gasteiger partial charge in [-0.15, -0.1) is 0 Å². The molecule has 0 fully saturated rings. The van der Waals surface area contributed by atoms with Crippen molar-refractivity contribution in [2.45, 2.75) is 0 Å². The first-order valence-corrected chi connectivity index (χ1v) is 7.35. The molecule has 2 aromatic rings. The molecule has 0 saturated carbocycles. The van der Waals surface area contributed by atoms with Crippen LogP contribution in [0.5, 0.6) is 17.2 Å². The van der Waals surface area contributed by atoms with Crippen molar-refractivity contribution in [3.8, 4) is 17.2 Å². The lowest BCUT2D eigenvalue weighted by molar-refractivity contribution is -0.116. The molecule has 1 heterocycles. The van der Waals surface area contributed by atoms with Crippen molar-refractivity contribution in [1.29, 1.82) is 0 Å². The van der Waals surface area contributed by atoms with Gasteiger partial charge in [-0.05, 0) is 35.9 Å². The Kier molecular flexibility index (Phi) is 4.79. The minimum absolute atomic E-state index is 0.167. The summed E-state index contributed by atoms with van der Waals surface area (Å²) < 4.78 is 16.0. The number of ether oxygens (including phenoxy) is 3. The lowest BCUT2D eigenvalue weighted by atomic mass is 10.2. The Balaban J connectivity index is 1.42. The van der Waals surface area contributed by atoms with E-state index in [4.69, 9.17) is 14.2 Å². The third-order valence-corrected chi connectivity index (χ3v) is 3.24. The molecule has 5 heteroatoms. The van der Waals surface area contributed by atoms with Gasteiger partial charge in [0.25, 0.3) is 0 Å². The summed E-state index contributed by atoms with van der Waals surface area (Å²) in [5.74, 6) is 2.05. The molecule has 0 spiro atoms. The van der Waals surface area contributed by atoms with Crippen molar-refractivity contribution in [3.05, 3.63) is 60.2 Å². The maximum atomic E-state index is 11.8. The molecular weight excluding hydrogens is 294 g/mol. The summed E-state index contributed by atoms with van der Waals surface area (Å²) in [6.45, 7) is 1.11. The maximum absolute atomic E-state index is 11.8. The molecule has 1 amide bonds. The highest BCUT2D eigenvalue weighted by Crippen LogP contribution is 2.32. The van der Waals surface area contributed by atoms with Crippen molar-refractivity contribution in [2.24, 2.45) is 0 Å². The predicted octanol–water partition coefficient (Wildman–Crippen LogP) is 2.62. The van der Waals surface area contributed by atoms with Crippen LogP contribution in [0.15, 0.2) is 54.6 Å². The molecule has 0 radical (unpaired) electrons. The van der Waals surface area contributed by atoms with Gasteiger partial charge in [-0.3, -0.25) is 4.79 Å². The molecule has 5 nitrogen and oxygen atoms in total. The highest BCUT2D eigenvalue weighted by atomic mass is 16.7. The van der Waals surface area contributed by atoms with Gasteiger partial charge in [0.1, 0.15) is 12.4 Å². The molecule has 23 heavy (non-hydrogen) atoms. The van der Waals surface area contributed by atoms with Gasteiger partial charge in [-0.1, -0.05) is 24.3 Å². The van der Waals surface area contributed by atoms with E-state index in [9.17, 15) is 4.79 Å². The molecule has 0 aliphatic carbocycles. The average molecular weight is 311 g/mol. The zero-order valence-electron chi connectivity index (χ0n) is 12.5. The average Bonchev–Trinajstić information content (AvgIpc) is 3.05. The van der Waals surface area contributed by atoms with Gasteiger partial charge >= 0.3 is 0 Å². The molecule has 118 valence electrons. The van der Waals surface area contributed by atoms with Crippen LogP contribution in [-0.2, 0) is 4.79 Å². The largest absolute Gasteiger partial charge is 0.492 e. The number of carbonyl (C=O) groups excluding carboxylic acids is 1. The first kappa shape index (κ1) is 15.0. The van der Waals surface area contributed by atoms with Gasteiger partial charge in [0.15, 0.2) is 11.5 Å². The van der Waals surface area contributed by atoms with E-state index in [1.165, 1.54) is 6.08 Å². The van der Waals surface area contributed by atoms with Crippen LogP contribution in [0, 0.1) is 0 Å². The number of hydrogen-bond acceptors (Lipinski definition) is 4. The molecule has 2 aromatic carbocycles. The fourth-order valence-electron chi connectivity index (χ4n) is 2.11. The van der Waals surface area contributed by atoms with E-state index in [2.05, 4.69) is 5.32 Å². The standard InChI is InChI=1S/C18H17NO4/c20-18(19-10-11-21-15-4-2-1-3-5-15)9-7-14-6-8-16-17(12-14)23-13-22-16/h1-9,12H,10-11,13H2,(H,19,20). The Morgan fingerprint density at radius 1 is 1.13 bits per heavy atom. The summed E-state index contributed by atoms with van der Waals surface area (Å²) >= 11 is 0. The summed E-state index contributed by atoms with van der Waals surface area (Å²) in [7, 11) is 0. The maximum Gasteiger partial charge on any atom is 0.244 e. The van der Waals surface area contributed by atoms with Gasteiger partial charge in [-0.2, -0.15) is 0 Å². The number of fused-ring (bicyclic) bond motifs is 1. The van der Waals surface area contributed by atoms with Crippen molar-refractivity contribution in [3.63, 3.8) is 0 Å². The third-order valence-electron chi connectivity index (χ3n) is 3.24. The highest BCUT2D eigenvalue weighted by molar-refractivity contribution is 5.91. The van der Waals surface area contributed by atoms with Gasteiger partial charge in [0, 0.05) is 6.08 Å². The van der Waals surface area contributed by atoms with Crippen LogP contribution in [0.4, 0.5) is 0 Å². The third kappa shape index (κ3) is 4.26. The lowest BCUT2D eigenvalue weighted by Crippen LogP contribution is -2.26. The number of amides is 1. The van der Waals surface area contributed by atoms with Gasteiger partial charge in [0.2, 0.25) is 12.7 Å². The molecule has 0 aromatic heterocycles. The Bertz CT molecular complexity index is 697. The van der Waals surface area contributed by atoms with E-state index in [-0.39, 0.29) is 12.7 Å². The van der Waals surface area contributed by atoms with Crippen LogP contribution in [0.2, 0.25) is 0 Å². The number of rotatable bonds is 6. The predicted molar refractivity (Wildman–Crippen MR) is 86.5 cm³/mol. The first-order valence-electron chi connectivity index (χ1n) is 7.35. The fraction of sp³-hybridized carbons (Fsp3) is 0.167. The molecule has 1 aliphatic rings. The number of nitrogens with one attached hydrogen (secondary N) is 1. The van der Waals surface area contributed by atoms with E-state index in [1.807, 2.05) is 48.5 Å². The van der Waals surface area contributed by atoms with Crippen LogP contribution >= 0.6 is 0 Å². The second-order valence-corrected chi connectivity index (χ2v) is 4.90. The molecular formula is C18H17NO4. The minimum atomic E-state index is -0.167. The second kappa shape index (κ2) is 7.35. The normalized spacial score (nSPS) is 12.3. The van der Waals surface area contributed by atoms with Gasteiger partial charge in [0.05, 0.1) is 6.54 Å². The van der Waals surface area contributed by atoms with Crippen molar-refractivity contribution < 1.29 is 19.0 Å². The molecule has 0 atom stereocenters. The monoisotopic (exact) mass is 311 g/mol. The van der Waals surface area contributed by atoms with E-state index in [0.717, 1.165) is 17.1 Å². The van der Waals surface area contributed by atoms with Crippen molar-refractivity contribution in [2.75, 3.05) is 19.9 Å². The Labute approximate surface area is 134 Å². The first-order chi connectivity index (χ1) is 11.3. The molecule has 0 saturated heterocycles. The summed E-state index contributed by atoms with van der Waals surface area (Å²) in [6.07, 6.45) is 3.22. The SMILES string of the molecule is O=C(C=Cc1ccc2c(c1)OCO2)NCCOc1ccccc1. The Hall–Kier alpha value is -2.95. The van der Waals surface area contributed by atoms with Crippen molar-refractivity contribution in [1.82, 2.24) is 5.32 Å². The van der Waals surface area contributed by atoms with Gasteiger partial charge < -0.3 is 19.5 Å². The van der Waals surface area contributed by atoms with E-state index >= 15 is 0 Å². The summed E-state index contributed by atoms with van der Waals surface area (Å²) in [6, 6.07) is 15.0. The Morgan fingerprint density at radius 3 is 2.83 bits per heavy atom. The number of benzene rings is 2. The fourth-order valence-corrected chi connectivity index (χ4v) is 2.11. The Morgan fingerprint density at radius 2 is 1.96 bits per heavy atom. The van der Waals surface area contributed by atoms with Crippen molar-refractivity contribution >= 4 is 12.0 Å². The molecule has 1 N–H and O–H groups in total. The van der Waals surface area contributed by atoms with Crippen LogP contribution in [0.3, 0.4) is 0 Å². The lowest BCUT2D eigenvalue weighted by Gasteiger charge is -2.06. The van der Waals surface area contributed by atoms with Crippen LogP contribution in [-0.4, -0.2) is 25.9 Å². The highest BCUT2D eigenvalue weighted by Gasteiger charge is 2.12. The van der Waals surface area contributed by atoms with Crippen LogP contribution in [0.25, 0.3) is 6.08 Å². The summed E-state index contributed by atoms with van der Waals surface area (Å²) in [5.41, 5.74) is 0.880. The molecule has 3 rings (SSSR count). The minimum Gasteiger partial charge on any atom is -0.492 e. The van der Waals surface area contributed by atoms with E-state index in [1.54, 1.807) is 6.08 Å². The number of carbonyl (C=O) groups is 1. The molecule has 0 bridgehead atoms. The van der Waals surface area contributed by atoms with Gasteiger partial charge in [-0.25, -0.2) is 0 Å². The van der Waals surface area contributed by atoms with Crippen LogP contribution in [0.1, 0.15) is 5.56 Å². The summed E-state index contributed by atoms with van der Waals surface area (Å²) in [4.78, 5) is 11.8. The van der Waals surface area contributed by atoms with E-state index < -0.39 is 0 Å². The topological polar surface area (TPSA) is 56.8 Å². The van der Waals surface area contributed by atoms with E-state index in [0.29, 0.717) is 18.9 Å². The summed E-state index contributed by atoms with van der Waals surface area (Å²) in [5, 5.41) is 2.77. The zero-order chi connectivity index (χ0) is 15.9. The second-order valence-electron chi connectivity index (χ2n) is 4.90. The quantitative estimate of drug-likeness (QED) is 0.658. The number of hydrogen-bond donors (Lipinski definition) is 1.